The van der Waals surface area contributed by atoms with Crippen molar-refractivity contribution >= 4 is 17.5 Å². The molecule has 0 spiro atoms. The number of carbonyl (C=O) groups excluding carboxylic acids is 1. The Labute approximate surface area is 130 Å². The van der Waals surface area contributed by atoms with Crippen LogP contribution in [0.15, 0.2) is 48.5 Å². The van der Waals surface area contributed by atoms with Gasteiger partial charge in [0.05, 0.1) is 10.6 Å². The highest BCUT2D eigenvalue weighted by atomic mass is 19.1. The van der Waals surface area contributed by atoms with Crippen LogP contribution in [-0.4, -0.2) is 24.2 Å². The number of halogens is 1. The zero-order valence-electron chi connectivity index (χ0n) is 11.9. The van der Waals surface area contributed by atoms with Crippen LogP contribution in [0.5, 0.6) is 5.75 Å². The lowest BCUT2D eigenvalue weighted by Gasteiger charge is -2.09. The van der Waals surface area contributed by atoms with E-state index in [2.05, 4.69) is 5.32 Å². The lowest BCUT2D eigenvalue weighted by Crippen LogP contribution is -2.18. The SMILES string of the molecule is O=C(Nc1ccccc1F)OCCOc1ccc([N+](=O)[O-])cc1. The summed E-state index contributed by atoms with van der Waals surface area (Å²) in [5.41, 5.74) is -0.0216. The maximum atomic E-state index is 13.3. The molecular weight excluding hydrogens is 307 g/mol. The Morgan fingerprint density at radius 2 is 1.83 bits per heavy atom. The van der Waals surface area contributed by atoms with Crippen molar-refractivity contribution in [1.82, 2.24) is 0 Å². The van der Waals surface area contributed by atoms with Crippen LogP contribution in [0.2, 0.25) is 0 Å². The minimum Gasteiger partial charge on any atom is -0.490 e. The van der Waals surface area contributed by atoms with Crippen LogP contribution < -0.4 is 10.1 Å². The number of hydrogen-bond donors (Lipinski definition) is 1. The van der Waals surface area contributed by atoms with Crippen molar-refractivity contribution in [3.05, 3.63) is 64.5 Å². The first-order chi connectivity index (χ1) is 11.1. The molecule has 120 valence electrons. The first kappa shape index (κ1) is 16.2. The third-order valence-electron chi connectivity index (χ3n) is 2.74. The maximum Gasteiger partial charge on any atom is 0.411 e. The van der Waals surface area contributed by atoms with Gasteiger partial charge in [-0.25, -0.2) is 9.18 Å². The largest absolute Gasteiger partial charge is 0.490 e. The monoisotopic (exact) mass is 320 g/mol. The molecule has 8 heteroatoms. The van der Waals surface area contributed by atoms with E-state index in [0.29, 0.717) is 5.75 Å². The average Bonchev–Trinajstić information content (AvgIpc) is 2.54. The predicted molar refractivity (Wildman–Crippen MR) is 80.0 cm³/mol. The molecule has 0 heterocycles. The van der Waals surface area contributed by atoms with E-state index in [1.54, 1.807) is 6.07 Å². The molecule has 0 saturated carbocycles. The highest BCUT2D eigenvalue weighted by Gasteiger charge is 2.07. The molecule has 2 aromatic carbocycles. The van der Waals surface area contributed by atoms with Gasteiger partial charge in [0, 0.05) is 12.1 Å². The van der Waals surface area contributed by atoms with Crippen molar-refractivity contribution in [2.75, 3.05) is 18.5 Å². The Balaban J connectivity index is 1.71. The minimum atomic E-state index is -0.803. The van der Waals surface area contributed by atoms with Crippen molar-refractivity contribution in [3.8, 4) is 5.75 Å². The lowest BCUT2D eigenvalue weighted by molar-refractivity contribution is -0.384. The molecule has 0 saturated heterocycles. The number of para-hydroxylation sites is 1. The number of hydrogen-bond acceptors (Lipinski definition) is 5. The van der Waals surface area contributed by atoms with E-state index >= 15 is 0 Å². The standard InChI is InChI=1S/C15H13FN2O5/c16-13-3-1-2-4-14(13)17-15(19)23-10-9-22-12-7-5-11(6-8-12)18(20)21/h1-8H,9-10H2,(H,17,19). The van der Waals surface area contributed by atoms with E-state index in [0.717, 1.165) is 0 Å². The number of benzene rings is 2. The molecule has 0 atom stereocenters. The predicted octanol–water partition coefficient (Wildman–Crippen LogP) is 3.36. The lowest BCUT2D eigenvalue weighted by atomic mass is 10.3. The average molecular weight is 320 g/mol. The Morgan fingerprint density at radius 1 is 1.13 bits per heavy atom. The molecule has 2 aromatic rings. The summed E-state index contributed by atoms with van der Waals surface area (Å²) in [7, 11) is 0. The van der Waals surface area contributed by atoms with Gasteiger partial charge in [0.15, 0.2) is 0 Å². The second-order valence-electron chi connectivity index (χ2n) is 4.34. The first-order valence-corrected chi connectivity index (χ1v) is 6.62. The van der Waals surface area contributed by atoms with Crippen LogP contribution in [0, 0.1) is 15.9 Å². The van der Waals surface area contributed by atoms with E-state index in [-0.39, 0.29) is 24.6 Å². The van der Waals surface area contributed by atoms with Gasteiger partial charge in [-0.1, -0.05) is 12.1 Å². The number of rotatable bonds is 6. The van der Waals surface area contributed by atoms with Crippen molar-refractivity contribution in [3.63, 3.8) is 0 Å². The molecule has 0 unspecified atom stereocenters. The van der Waals surface area contributed by atoms with Crippen molar-refractivity contribution in [2.24, 2.45) is 0 Å². The summed E-state index contributed by atoms with van der Waals surface area (Å²) < 4.78 is 23.4. The highest BCUT2D eigenvalue weighted by molar-refractivity contribution is 5.84. The molecule has 1 amide bonds. The van der Waals surface area contributed by atoms with E-state index in [9.17, 15) is 19.3 Å². The zero-order valence-corrected chi connectivity index (χ0v) is 11.9. The van der Waals surface area contributed by atoms with E-state index in [4.69, 9.17) is 9.47 Å². The Morgan fingerprint density at radius 3 is 2.48 bits per heavy atom. The summed E-state index contributed by atoms with van der Waals surface area (Å²) in [6, 6.07) is 11.2. The molecule has 0 aliphatic carbocycles. The molecule has 2 rings (SSSR count). The van der Waals surface area contributed by atoms with Crippen molar-refractivity contribution in [1.29, 1.82) is 0 Å². The van der Waals surface area contributed by atoms with Crippen LogP contribution >= 0.6 is 0 Å². The number of nitrogens with one attached hydrogen (secondary N) is 1. The number of anilines is 1. The molecular formula is C15H13FN2O5. The van der Waals surface area contributed by atoms with E-state index in [1.807, 2.05) is 0 Å². The summed E-state index contributed by atoms with van der Waals surface area (Å²) in [6.45, 7) is -0.000222. The highest BCUT2D eigenvalue weighted by Crippen LogP contribution is 2.17. The van der Waals surface area contributed by atoms with Crippen molar-refractivity contribution < 1.29 is 23.6 Å². The number of nitro groups is 1. The quantitative estimate of drug-likeness (QED) is 0.500. The number of nitro benzene ring substituents is 1. The number of amides is 1. The van der Waals surface area contributed by atoms with Gasteiger partial charge in [0.2, 0.25) is 0 Å². The van der Waals surface area contributed by atoms with Gasteiger partial charge in [0.25, 0.3) is 5.69 Å². The summed E-state index contributed by atoms with van der Waals surface area (Å²) in [6.07, 6.45) is -0.803. The number of non-ortho nitro benzene ring substituents is 1. The topological polar surface area (TPSA) is 90.7 Å². The Hall–Kier alpha value is -3.16. The molecule has 0 radical (unpaired) electrons. The van der Waals surface area contributed by atoms with Gasteiger partial charge in [-0.05, 0) is 24.3 Å². The minimum absolute atomic E-state index is 0.0220. The second-order valence-corrected chi connectivity index (χ2v) is 4.34. The first-order valence-electron chi connectivity index (χ1n) is 6.62. The summed E-state index contributed by atoms with van der Waals surface area (Å²) in [4.78, 5) is 21.4. The molecule has 0 fully saturated rings. The van der Waals surface area contributed by atoms with Gasteiger partial charge < -0.3 is 9.47 Å². The van der Waals surface area contributed by atoms with E-state index in [1.165, 1.54) is 42.5 Å². The molecule has 23 heavy (non-hydrogen) atoms. The third-order valence-corrected chi connectivity index (χ3v) is 2.74. The molecule has 1 N–H and O–H groups in total. The molecule has 0 aliphatic heterocycles. The fourth-order valence-electron chi connectivity index (χ4n) is 1.67. The third kappa shape index (κ3) is 4.95. The van der Waals surface area contributed by atoms with Crippen LogP contribution in [0.1, 0.15) is 0 Å². The number of carbonyl (C=O) groups is 1. The zero-order chi connectivity index (χ0) is 16.7. The molecule has 0 aromatic heterocycles. The van der Waals surface area contributed by atoms with Crippen LogP contribution in [-0.2, 0) is 4.74 Å². The fraction of sp³-hybridized carbons (Fsp3) is 0.133. The van der Waals surface area contributed by atoms with Crippen LogP contribution in [0.25, 0.3) is 0 Å². The Kier molecular flexibility index (Phi) is 5.45. The summed E-state index contributed by atoms with van der Waals surface area (Å²) >= 11 is 0. The van der Waals surface area contributed by atoms with Crippen LogP contribution in [0.3, 0.4) is 0 Å². The van der Waals surface area contributed by atoms with Gasteiger partial charge in [-0.2, -0.15) is 0 Å². The number of nitrogens with zero attached hydrogens (tertiary/aromatic N) is 1. The van der Waals surface area contributed by atoms with Crippen molar-refractivity contribution in [2.45, 2.75) is 0 Å². The summed E-state index contributed by atoms with van der Waals surface area (Å²) in [5, 5.41) is 12.8. The maximum absolute atomic E-state index is 13.3. The molecule has 0 bridgehead atoms. The Bertz CT molecular complexity index is 691. The van der Waals surface area contributed by atoms with Gasteiger partial charge in [-0.3, -0.25) is 15.4 Å². The number of ether oxygens (including phenoxy) is 2. The normalized spacial score (nSPS) is 9.96. The molecule has 0 aliphatic rings. The van der Waals surface area contributed by atoms with Gasteiger partial charge in [0.1, 0.15) is 24.8 Å². The van der Waals surface area contributed by atoms with E-state index < -0.39 is 16.8 Å². The second kappa shape index (κ2) is 7.74. The smallest absolute Gasteiger partial charge is 0.411 e. The van der Waals surface area contributed by atoms with Gasteiger partial charge >= 0.3 is 6.09 Å². The van der Waals surface area contributed by atoms with Crippen LogP contribution in [0.4, 0.5) is 20.6 Å². The molecule has 7 nitrogen and oxygen atoms in total. The summed E-state index contributed by atoms with van der Waals surface area (Å²) in [5.74, 6) is -0.153. The fourth-order valence-corrected chi connectivity index (χ4v) is 1.67. The van der Waals surface area contributed by atoms with Gasteiger partial charge in [-0.15, -0.1) is 0 Å².